The van der Waals surface area contributed by atoms with Crippen LogP contribution in [0.3, 0.4) is 0 Å². The van der Waals surface area contributed by atoms with E-state index in [1.807, 2.05) is 0 Å². The third kappa shape index (κ3) is 0.981. The zero-order valence-electron chi connectivity index (χ0n) is 7.26. The quantitative estimate of drug-likeness (QED) is 0.544. The topological polar surface area (TPSA) is 6.48 Å². The summed E-state index contributed by atoms with van der Waals surface area (Å²) >= 11 is 0. The molecule has 58 valence electrons. The van der Waals surface area contributed by atoms with Crippen LogP contribution in [0.25, 0.3) is 0 Å². The van der Waals surface area contributed by atoms with E-state index in [-0.39, 0.29) is 0 Å². The lowest BCUT2D eigenvalue weighted by atomic mass is 10.4. The second kappa shape index (κ2) is 2.52. The van der Waals surface area contributed by atoms with Gasteiger partial charge in [-0.1, -0.05) is 0 Å². The van der Waals surface area contributed by atoms with Crippen molar-refractivity contribution in [3.8, 4) is 0 Å². The van der Waals surface area contributed by atoms with Crippen LogP contribution in [0.15, 0.2) is 11.9 Å². The van der Waals surface area contributed by atoms with Gasteiger partial charge >= 0.3 is 0 Å². The van der Waals surface area contributed by atoms with Crippen LogP contribution in [0.2, 0.25) is 0 Å². The maximum atomic E-state index is 2.38. The van der Waals surface area contributed by atoms with Crippen LogP contribution in [0.1, 0.15) is 20.8 Å². The maximum Gasteiger partial charge on any atom is 0.0977 e. The lowest BCUT2D eigenvalue weighted by molar-refractivity contribution is 0.192. The third-order valence-corrected chi connectivity index (χ3v) is 2.22. The molecule has 0 aromatic heterocycles. The molecule has 1 atom stereocenters. The van der Waals surface area contributed by atoms with E-state index in [2.05, 4.69) is 43.8 Å². The summed E-state index contributed by atoms with van der Waals surface area (Å²) in [5, 5.41) is 0. The second-order valence-corrected chi connectivity index (χ2v) is 2.85. The highest BCUT2D eigenvalue weighted by atomic mass is 15.4. The molecule has 2 nitrogen and oxygen atoms in total. The molecule has 0 aromatic rings. The van der Waals surface area contributed by atoms with E-state index in [1.165, 1.54) is 5.70 Å². The number of hydrogen-bond acceptors (Lipinski definition) is 2. The van der Waals surface area contributed by atoms with Crippen molar-refractivity contribution in [2.45, 2.75) is 26.9 Å². The minimum atomic E-state index is 0.546. The van der Waals surface area contributed by atoms with E-state index in [0.29, 0.717) is 6.17 Å². The molecule has 2 heteroatoms. The van der Waals surface area contributed by atoms with Gasteiger partial charge in [-0.25, -0.2) is 0 Å². The summed E-state index contributed by atoms with van der Waals surface area (Å²) in [4.78, 5) is 4.61. The zero-order chi connectivity index (χ0) is 7.72. The van der Waals surface area contributed by atoms with Gasteiger partial charge in [-0.05, 0) is 20.8 Å². The van der Waals surface area contributed by atoms with Crippen molar-refractivity contribution < 1.29 is 0 Å². The van der Waals surface area contributed by atoms with Crippen LogP contribution in [-0.4, -0.2) is 29.6 Å². The fraction of sp³-hybridized carbons (Fsp3) is 0.750. The van der Waals surface area contributed by atoms with Gasteiger partial charge in [0.05, 0.1) is 6.17 Å². The number of allylic oxidation sites excluding steroid dienone is 1. The molecule has 10 heavy (non-hydrogen) atoms. The Kier molecular flexibility index (Phi) is 1.88. The SMILES string of the molecule is CCN1C(C)=CN(C)C1C. The first-order valence-corrected chi connectivity index (χ1v) is 3.83. The summed E-state index contributed by atoms with van der Waals surface area (Å²) < 4.78 is 0. The van der Waals surface area contributed by atoms with E-state index in [0.717, 1.165) is 6.54 Å². The first-order valence-electron chi connectivity index (χ1n) is 3.83. The van der Waals surface area contributed by atoms with Gasteiger partial charge in [-0.15, -0.1) is 0 Å². The van der Waals surface area contributed by atoms with Crippen LogP contribution in [0.4, 0.5) is 0 Å². The normalized spacial score (nSPS) is 25.6. The highest BCUT2D eigenvalue weighted by Gasteiger charge is 2.20. The molecule has 1 aliphatic heterocycles. The Morgan fingerprint density at radius 3 is 2.40 bits per heavy atom. The molecule has 0 radical (unpaired) electrons. The largest absolute Gasteiger partial charge is 0.359 e. The summed E-state index contributed by atoms with van der Waals surface area (Å²) in [5.74, 6) is 0. The fourth-order valence-electron chi connectivity index (χ4n) is 1.50. The standard InChI is InChI=1S/C8H16N2/c1-5-10-7(2)6-9(4)8(10)3/h6,8H,5H2,1-4H3. The summed E-state index contributed by atoms with van der Waals surface area (Å²) in [7, 11) is 2.11. The molecule has 0 saturated heterocycles. The molecule has 1 heterocycles. The summed E-state index contributed by atoms with van der Waals surface area (Å²) in [6, 6.07) is 0. The first-order chi connectivity index (χ1) is 4.66. The molecule has 0 fully saturated rings. The average molecular weight is 140 g/mol. The molecule has 0 N–H and O–H groups in total. The van der Waals surface area contributed by atoms with E-state index < -0.39 is 0 Å². The summed E-state index contributed by atoms with van der Waals surface area (Å²) in [5.41, 5.74) is 1.37. The Bertz CT molecular complexity index is 151. The van der Waals surface area contributed by atoms with Crippen molar-refractivity contribution >= 4 is 0 Å². The smallest absolute Gasteiger partial charge is 0.0977 e. The third-order valence-electron chi connectivity index (χ3n) is 2.22. The number of rotatable bonds is 1. The van der Waals surface area contributed by atoms with Crippen LogP contribution < -0.4 is 0 Å². The van der Waals surface area contributed by atoms with Gasteiger partial charge in [-0.3, -0.25) is 0 Å². The molecule has 1 aliphatic rings. The van der Waals surface area contributed by atoms with Gasteiger partial charge in [0.25, 0.3) is 0 Å². The predicted molar refractivity (Wildman–Crippen MR) is 43.4 cm³/mol. The Morgan fingerprint density at radius 2 is 2.20 bits per heavy atom. The van der Waals surface area contributed by atoms with Crippen molar-refractivity contribution in [3.05, 3.63) is 11.9 Å². The Hall–Kier alpha value is -0.660. The molecule has 0 aliphatic carbocycles. The van der Waals surface area contributed by atoms with Crippen LogP contribution in [0.5, 0.6) is 0 Å². The van der Waals surface area contributed by atoms with Gasteiger partial charge in [0.1, 0.15) is 0 Å². The van der Waals surface area contributed by atoms with Gasteiger partial charge in [0, 0.05) is 25.5 Å². The van der Waals surface area contributed by atoms with Gasteiger partial charge in [0.2, 0.25) is 0 Å². The van der Waals surface area contributed by atoms with Gasteiger partial charge < -0.3 is 9.80 Å². The Labute approximate surface area is 63.1 Å². The lowest BCUT2D eigenvalue weighted by Crippen LogP contribution is -2.34. The van der Waals surface area contributed by atoms with Gasteiger partial charge in [0.15, 0.2) is 0 Å². The van der Waals surface area contributed by atoms with E-state index in [4.69, 9.17) is 0 Å². The minimum absolute atomic E-state index is 0.546. The molecule has 1 unspecified atom stereocenters. The van der Waals surface area contributed by atoms with Crippen LogP contribution >= 0.6 is 0 Å². The van der Waals surface area contributed by atoms with Crippen molar-refractivity contribution in [2.24, 2.45) is 0 Å². The van der Waals surface area contributed by atoms with Crippen LogP contribution in [-0.2, 0) is 0 Å². The summed E-state index contributed by atoms with van der Waals surface area (Å²) in [6.45, 7) is 7.67. The Balaban J connectivity index is 2.68. The van der Waals surface area contributed by atoms with Crippen molar-refractivity contribution in [3.63, 3.8) is 0 Å². The molecule has 0 spiro atoms. The summed E-state index contributed by atoms with van der Waals surface area (Å²) in [6.07, 6.45) is 2.73. The number of hydrogen-bond donors (Lipinski definition) is 0. The molecule has 1 rings (SSSR count). The van der Waals surface area contributed by atoms with Crippen molar-refractivity contribution in [2.75, 3.05) is 13.6 Å². The van der Waals surface area contributed by atoms with E-state index in [1.54, 1.807) is 0 Å². The maximum absolute atomic E-state index is 2.38. The highest BCUT2D eigenvalue weighted by molar-refractivity contribution is 5.04. The molecular formula is C8H16N2. The predicted octanol–water partition coefficient (Wildman–Crippen LogP) is 1.46. The number of nitrogens with zero attached hydrogens (tertiary/aromatic N) is 2. The van der Waals surface area contributed by atoms with Gasteiger partial charge in [-0.2, -0.15) is 0 Å². The molecule has 0 aromatic carbocycles. The molecule has 0 saturated carbocycles. The lowest BCUT2D eigenvalue weighted by Gasteiger charge is -2.27. The zero-order valence-corrected chi connectivity index (χ0v) is 7.26. The minimum Gasteiger partial charge on any atom is -0.359 e. The van der Waals surface area contributed by atoms with Crippen molar-refractivity contribution in [1.82, 2.24) is 9.80 Å². The average Bonchev–Trinajstić information content (AvgIpc) is 2.09. The van der Waals surface area contributed by atoms with Crippen LogP contribution in [0, 0.1) is 0 Å². The Morgan fingerprint density at radius 1 is 1.60 bits per heavy atom. The fourth-order valence-corrected chi connectivity index (χ4v) is 1.50. The monoisotopic (exact) mass is 140 g/mol. The van der Waals surface area contributed by atoms with Crippen molar-refractivity contribution in [1.29, 1.82) is 0 Å². The highest BCUT2D eigenvalue weighted by Crippen LogP contribution is 2.19. The molecule has 0 amide bonds. The second-order valence-electron chi connectivity index (χ2n) is 2.85. The van der Waals surface area contributed by atoms with E-state index >= 15 is 0 Å². The first kappa shape index (κ1) is 7.45. The molecule has 0 bridgehead atoms. The molecular weight excluding hydrogens is 124 g/mol. The van der Waals surface area contributed by atoms with E-state index in [9.17, 15) is 0 Å².